The summed E-state index contributed by atoms with van der Waals surface area (Å²) in [5, 5.41) is 9.32. The smallest absolute Gasteiger partial charge is 0.326 e. The number of carboxylic acid groups (broad SMARTS) is 1. The number of hydrogen-bond donors (Lipinski definition) is 2. The average molecular weight is 279 g/mol. The van der Waals surface area contributed by atoms with Gasteiger partial charge in [-0.15, -0.1) is 0 Å². The monoisotopic (exact) mass is 279 g/mol. The lowest BCUT2D eigenvalue weighted by Gasteiger charge is -2.36. The molecule has 0 bridgehead atoms. The van der Waals surface area contributed by atoms with Crippen molar-refractivity contribution < 1.29 is 14.7 Å². The third kappa shape index (κ3) is 2.61. The number of hydrogen-bond acceptors (Lipinski definition) is 3. The van der Waals surface area contributed by atoms with Gasteiger partial charge in [-0.1, -0.05) is 25.1 Å². The second-order valence-corrected chi connectivity index (χ2v) is 5.18. The summed E-state index contributed by atoms with van der Waals surface area (Å²) in [5.41, 5.74) is 1.75. The normalized spacial score (nSPS) is 19.7. The van der Waals surface area contributed by atoms with Gasteiger partial charge >= 0.3 is 5.97 Å². The van der Waals surface area contributed by atoms with Gasteiger partial charge in [-0.3, -0.25) is 9.69 Å². The van der Waals surface area contributed by atoms with Crippen molar-refractivity contribution in [3.63, 3.8) is 0 Å². The third-order valence-corrected chi connectivity index (χ3v) is 4.02. The van der Waals surface area contributed by atoms with Gasteiger partial charge in [0.05, 0.1) is 0 Å². The number of carbonyl (C=O) groups excluding carboxylic acids is 1. The minimum Gasteiger partial charge on any atom is -0.480 e. The van der Waals surface area contributed by atoms with Crippen LogP contribution >= 0.6 is 12.6 Å². The molecule has 1 N–H and O–H groups in total. The number of carboxylic acids is 1. The first-order chi connectivity index (χ1) is 9.06. The van der Waals surface area contributed by atoms with Gasteiger partial charge in [0, 0.05) is 17.4 Å². The second-order valence-electron chi connectivity index (χ2n) is 4.81. The topological polar surface area (TPSA) is 57.6 Å². The number of thiol groups is 1. The summed E-state index contributed by atoms with van der Waals surface area (Å²) in [6.45, 7) is 1.77. The Morgan fingerprint density at radius 3 is 2.79 bits per heavy atom. The summed E-state index contributed by atoms with van der Waals surface area (Å²) in [6.07, 6.45) is 1.14. The van der Waals surface area contributed by atoms with Crippen molar-refractivity contribution in [1.82, 2.24) is 0 Å². The van der Waals surface area contributed by atoms with Crippen LogP contribution in [0.3, 0.4) is 0 Å². The average Bonchev–Trinajstić information content (AvgIpc) is 2.44. The van der Waals surface area contributed by atoms with Crippen LogP contribution in [-0.2, 0) is 16.0 Å². The van der Waals surface area contributed by atoms with Gasteiger partial charge in [0.15, 0.2) is 0 Å². The van der Waals surface area contributed by atoms with Crippen LogP contribution in [0.25, 0.3) is 0 Å². The van der Waals surface area contributed by atoms with Gasteiger partial charge in [0.1, 0.15) is 6.04 Å². The maximum absolute atomic E-state index is 12.4. The second kappa shape index (κ2) is 5.65. The van der Waals surface area contributed by atoms with Crippen LogP contribution in [0.4, 0.5) is 5.69 Å². The van der Waals surface area contributed by atoms with Crippen LogP contribution in [0.5, 0.6) is 0 Å². The molecule has 0 aromatic heterocycles. The molecule has 1 aliphatic heterocycles. The number of anilines is 1. The van der Waals surface area contributed by atoms with E-state index in [1.165, 1.54) is 4.90 Å². The summed E-state index contributed by atoms with van der Waals surface area (Å²) >= 11 is 4.13. The Morgan fingerprint density at radius 2 is 2.16 bits per heavy atom. The number of aryl methyl sites for hydroxylation is 1. The number of fused-ring (bicyclic) bond motifs is 1. The minimum atomic E-state index is -0.950. The molecule has 4 nitrogen and oxygen atoms in total. The number of amides is 1. The quantitative estimate of drug-likeness (QED) is 0.832. The molecule has 2 unspecified atom stereocenters. The van der Waals surface area contributed by atoms with Crippen molar-refractivity contribution in [3.8, 4) is 0 Å². The molecular formula is C14H17NO3S. The van der Waals surface area contributed by atoms with Gasteiger partial charge in [0.2, 0.25) is 5.91 Å². The van der Waals surface area contributed by atoms with Crippen LogP contribution in [0.2, 0.25) is 0 Å². The number of rotatable bonds is 3. The van der Waals surface area contributed by atoms with Crippen LogP contribution in [0.1, 0.15) is 18.9 Å². The first kappa shape index (κ1) is 13.9. The van der Waals surface area contributed by atoms with E-state index >= 15 is 0 Å². The van der Waals surface area contributed by atoms with Crippen molar-refractivity contribution in [3.05, 3.63) is 29.8 Å². The lowest BCUT2D eigenvalue weighted by Crippen LogP contribution is -2.50. The number of nitrogens with zero attached hydrogens (tertiary/aromatic N) is 1. The molecule has 1 amide bonds. The Labute approximate surface area is 117 Å². The zero-order valence-electron chi connectivity index (χ0n) is 10.7. The van der Waals surface area contributed by atoms with Crippen LogP contribution in [-0.4, -0.2) is 28.8 Å². The number of carbonyl (C=O) groups is 2. The highest BCUT2D eigenvalue weighted by atomic mass is 32.1. The minimum absolute atomic E-state index is 0.172. The largest absolute Gasteiger partial charge is 0.480 e. The highest BCUT2D eigenvalue weighted by Gasteiger charge is 2.36. The molecule has 2 atom stereocenters. The molecule has 1 aliphatic rings. The van der Waals surface area contributed by atoms with E-state index in [9.17, 15) is 14.7 Å². The van der Waals surface area contributed by atoms with Crippen LogP contribution in [0.15, 0.2) is 24.3 Å². The van der Waals surface area contributed by atoms with E-state index in [1.807, 2.05) is 24.3 Å². The highest BCUT2D eigenvalue weighted by molar-refractivity contribution is 7.80. The first-order valence-corrected chi connectivity index (χ1v) is 6.94. The summed E-state index contributed by atoms with van der Waals surface area (Å²) in [5.74, 6) is -1.01. The van der Waals surface area contributed by atoms with Crippen molar-refractivity contribution >= 4 is 30.2 Å². The fraction of sp³-hybridized carbons (Fsp3) is 0.429. The van der Waals surface area contributed by atoms with E-state index in [0.29, 0.717) is 18.6 Å². The van der Waals surface area contributed by atoms with E-state index in [4.69, 9.17) is 0 Å². The van der Waals surface area contributed by atoms with E-state index < -0.39 is 12.0 Å². The predicted molar refractivity (Wildman–Crippen MR) is 76.7 cm³/mol. The van der Waals surface area contributed by atoms with Crippen molar-refractivity contribution in [2.24, 2.45) is 5.92 Å². The summed E-state index contributed by atoms with van der Waals surface area (Å²) < 4.78 is 0. The van der Waals surface area contributed by atoms with Crippen molar-refractivity contribution in [1.29, 1.82) is 0 Å². The summed E-state index contributed by atoms with van der Waals surface area (Å²) in [7, 11) is 0. The fourth-order valence-corrected chi connectivity index (χ4v) is 2.52. The Kier molecular flexibility index (Phi) is 4.14. The molecule has 0 saturated carbocycles. The summed E-state index contributed by atoms with van der Waals surface area (Å²) in [6, 6.07) is 6.72. The molecule has 0 spiro atoms. The van der Waals surface area contributed by atoms with E-state index in [2.05, 4.69) is 12.6 Å². The molecule has 0 aliphatic carbocycles. The standard InChI is InChI=1S/C14H17NO3S/c1-9(8-19)13(16)15-11-5-3-2-4-10(11)6-7-12(15)14(17)18/h2-5,9,12,19H,6-8H2,1H3,(H,17,18). The van der Waals surface area contributed by atoms with Gasteiger partial charge in [-0.05, 0) is 24.5 Å². The predicted octanol–water partition coefficient (Wildman–Crippen LogP) is 1.98. The zero-order chi connectivity index (χ0) is 14.0. The molecule has 1 aromatic rings. The number of aliphatic carboxylic acids is 1. The van der Waals surface area contributed by atoms with E-state index in [0.717, 1.165) is 11.3 Å². The van der Waals surface area contributed by atoms with E-state index in [1.54, 1.807) is 6.92 Å². The molecule has 0 fully saturated rings. The molecule has 1 aromatic carbocycles. The molecule has 0 saturated heterocycles. The first-order valence-electron chi connectivity index (χ1n) is 6.31. The third-order valence-electron chi connectivity index (χ3n) is 3.47. The molecule has 102 valence electrons. The van der Waals surface area contributed by atoms with Crippen molar-refractivity contribution in [2.45, 2.75) is 25.8 Å². The Hall–Kier alpha value is -1.49. The van der Waals surface area contributed by atoms with Crippen LogP contribution in [0, 0.1) is 5.92 Å². The molecule has 1 heterocycles. The highest BCUT2D eigenvalue weighted by Crippen LogP contribution is 2.32. The molecule has 19 heavy (non-hydrogen) atoms. The molecule has 2 rings (SSSR count). The van der Waals surface area contributed by atoms with Crippen molar-refractivity contribution in [2.75, 3.05) is 10.7 Å². The maximum atomic E-state index is 12.4. The number of para-hydroxylation sites is 1. The van der Waals surface area contributed by atoms with Gasteiger partial charge in [-0.2, -0.15) is 12.6 Å². The summed E-state index contributed by atoms with van der Waals surface area (Å²) in [4.78, 5) is 25.2. The van der Waals surface area contributed by atoms with Gasteiger partial charge in [-0.25, -0.2) is 4.79 Å². The van der Waals surface area contributed by atoms with Gasteiger partial charge in [0.25, 0.3) is 0 Å². The van der Waals surface area contributed by atoms with Crippen LogP contribution < -0.4 is 4.90 Å². The molecular weight excluding hydrogens is 262 g/mol. The fourth-order valence-electron chi connectivity index (χ4n) is 2.37. The lowest BCUT2D eigenvalue weighted by molar-refractivity contribution is -0.140. The zero-order valence-corrected chi connectivity index (χ0v) is 11.6. The Balaban J connectivity index is 2.44. The Morgan fingerprint density at radius 1 is 1.47 bits per heavy atom. The molecule has 0 radical (unpaired) electrons. The lowest BCUT2D eigenvalue weighted by atomic mass is 9.94. The maximum Gasteiger partial charge on any atom is 0.326 e. The number of benzene rings is 1. The molecule has 5 heteroatoms. The SMILES string of the molecule is CC(CS)C(=O)N1c2ccccc2CCC1C(=O)O. The Bertz CT molecular complexity index is 503. The van der Waals surface area contributed by atoms with E-state index in [-0.39, 0.29) is 11.8 Å². The van der Waals surface area contributed by atoms with Gasteiger partial charge < -0.3 is 5.11 Å².